The molecule has 2 nitrogen and oxygen atoms in total. The quantitative estimate of drug-likeness (QED) is 0.656. The van der Waals surface area contributed by atoms with Gasteiger partial charge in [-0.3, -0.25) is 0 Å². The number of aromatic nitrogens is 2. The standard InChI is InChI=1S/C6H6F2N2S/c1-3(4(2)7)5-6(8)10-11-9-5/h1-2H3/b4-3+. The summed E-state index contributed by atoms with van der Waals surface area (Å²) in [7, 11) is 0. The van der Waals surface area contributed by atoms with Crippen LogP contribution in [0.4, 0.5) is 8.78 Å². The van der Waals surface area contributed by atoms with Crippen molar-refractivity contribution in [3.05, 3.63) is 17.5 Å². The number of halogens is 2. The van der Waals surface area contributed by atoms with Crippen LogP contribution in [0.3, 0.4) is 0 Å². The second kappa shape index (κ2) is 3.04. The van der Waals surface area contributed by atoms with E-state index < -0.39 is 11.8 Å². The van der Waals surface area contributed by atoms with Crippen LogP contribution in [0.1, 0.15) is 19.5 Å². The predicted molar refractivity (Wildman–Crippen MR) is 39.2 cm³/mol. The number of nitrogens with zero attached hydrogens (tertiary/aromatic N) is 2. The highest BCUT2D eigenvalue weighted by molar-refractivity contribution is 6.99. The van der Waals surface area contributed by atoms with Crippen LogP contribution in [-0.2, 0) is 0 Å². The molecule has 1 rings (SSSR count). The molecule has 60 valence electrons. The van der Waals surface area contributed by atoms with Crippen molar-refractivity contribution in [1.29, 1.82) is 0 Å². The Kier molecular flexibility index (Phi) is 2.28. The Bertz CT molecular complexity index is 289. The Labute approximate surface area is 66.9 Å². The summed E-state index contributed by atoms with van der Waals surface area (Å²) >= 11 is 0.736. The van der Waals surface area contributed by atoms with Crippen molar-refractivity contribution in [2.45, 2.75) is 13.8 Å². The van der Waals surface area contributed by atoms with E-state index in [9.17, 15) is 8.78 Å². The molecule has 0 aromatic carbocycles. The normalized spacial score (nSPS) is 13.1. The van der Waals surface area contributed by atoms with Crippen LogP contribution in [0.5, 0.6) is 0 Å². The van der Waals surface area contributed by atoms with Gasteiger partial charge in [-0.25, -0.2) is 4.39 Å². The molecule has 0 unspecified atom stereocenters. The highest BCUT2D eigenvalue weighted by Gasteiger charge is 2.10. The summed E-state index contributed by atoms with van der Waals surface area (Å²) in [6, 6.07) is 0. The fourth-order valence-electron chi connectivity index (χ4n) is 0.564. The number of hydrogen-bond donors (Lipinski definition) is 0. The molecular formula is C6H6F2N2S. The third-order valence-corrected chi connectivity index (χ3v) is 1.83. The van der Waals surface area contributed by atoms with Crippen molar-refractivity contribution in [3.8, 4) is 0 Å². The Balaban J connectivity index is 3.12. The van der Waals surface area contributed by atoms with Gasteiger partial charge < -0.3 is 0 Å². The minimum atomic E-state index is -0.704. The average molecular weight is 176 g/mol. The van der Waals surface area contributed by atoms with Crippen LogP contribution in [0.15, 0.2) is 5.83 Å². The van der Waals surface area contributed by atoms with Crippen molar-refractivity contribution in [3.63, 3.8) is 0 Å². The van der Waals surface area contributed by atoms with Gasteiger partial charge in [0.2, 0.25) is 0 Å². The molecule has 0 fully saturated rings. The Morgan fingerprint density at radius 1 is 1.36 bits per heavy atom. The maximum Gasteiger partial charge on any atom is 0.252 e. The number of hydrogen-bond acceptors (Lipinski definition) is 3. The summed E-state index contributed by atoms with van der Waals surface area (Å²) in [4.78, 5) is 0. The summed E-state index contributed by atoms with van der Waals surface area (Å²) in [5.74, 6) is -1.14. The molecule has 0 N–H and O–H groups in total. The highest BCUT2D eigenvalue weighted by Crippen LogP contribution is 2.19. The van der Waals surface area contributed by atoms with Gasteiger partial charge in [-0.2, -0.15) is 8.76 Å². The molecule has 0 radical (unpaired) electrons. The SMILES string of the molecule is C/C(F)=C(/C)c1nsnc1F. The first-order valence-corrected chi connectivity index (χ1v) is 3.67. The molecule has 1 heterocycles. The molecule has 0 spiro atoms. The molecule has 0 aliphatic heterocycles. The Morgan fingerprint density at radius 3 is 2.36 bits per heavy atom. The van der Waals surface area contributed by atoms with Gasteiger partial charge in [-0.15, -0.1) is 4.37 Å². The molecular weight excluding hydrogens is 170 g/mol. The third-order valence-electron chi connectivity index (χ3n) is 1.32. The van der Waals surface area contributed by atoms with Crippen LogP contribution in [-0.4, -0.2) is 8.75 Å². The van der Waals surface area contributed by atoms with E-state index in [2.05, 4.69) is 8.75 Å². The van der Waals surface area contributed by atoms with E-state index in [1.165, 1.54) is 13.8 Å². The van der Waals surface area contributed by atoms with E-state index in [-0.39, 0.29) is 11.3 Å². The van der Waals surface area contributed by atoms with Crippen molar-refractivity contribution in [2.24, 2.45) is 0 Å². The lowest BCUT2D eigenvalue weighted by molar-refractivity contribution is 0.587. The molecule has 0 aliphatic rings. The van der Waals surface area contributed by atoms with Gasteiger partial charge in [0.15, 0.2) is 0 Å². The first-order chi connectivity index (χ1) is 5.13. The monoisotopic (exact) mass is 176 g/mol. The van der Waals surface area contributed by atoms with Gasteiger partial charge in [0.1, 0.15) is 11.5 Å². The molecule has 0 saturated carbocycles. The Morgan fingerprint density at radius 2 is 2.00 bits per heavy atom. The molecule has 0 aliphatic carbocycles. The fraction of sp³-hybridized carbons (Fsp3) is 0.333. The molecule has 11 heavy (non-hydrogen) atoms. The van der Waals surface area contributed by atoms with Gasteiger partial charge in [0, 0.05) is 5.57 Å². The van der Waals surface area contributed by atoms with Gasteiger partial charge in [0.25, 0.3) is 5.95 Å². The smallest absolute Gasteiger partial charge is 0.212 e. The third kappa shape index (κ3) is 1.59. The second-order valence-corrected chi connectivity index (χ2v) is 2.59. The molecule has 0 atom stereocenters. The van der Waals surface area contributed by atoms with Gasteiger partial charge in [-0.1, -0.05) is 0 Å². The maximum absolute atomic E-state index is 12.6. The minimum absolute atomic E-state index is 0.00926. The van der Waals surface area contributed by atoms with Crippen LogP contribution in [0, 0.1) is 5.95 Å². The molecule has 1 aromatic rings. The first kappa shape index (κ1) is 8.26. The molecule has 0 amide bonds. The fourth-order valence-corrected chi connectivity index (χ4v) is 1.06. The van der Waals surface area contributed by atoms with Crippen LogP contribution in [0.25, 0.3) is 5.57 Å². The summed E-state index contributed by atoms with van der Waals surface area (Å²) in [5.41, 5.74) is 0.214. The molecule has 0 saturated heterocycles. The number of rotatable bonds is 1. The van der Waals surface area contributed by atoms with E-state index >= 15 is 0 Å². The lowest BCUT2D eigenvalue weighted by Crippen LogP contribution is -1.85. The predicted octanol–water partition coefficient (Wildman–Crippen LogP) is 2.40. The lowest BCUT2D eigenvalue weighted by Gasteiger charge is -1.93. The van der Waals surface area contributed by atoms with Crippen LogP contribution in [0.2, 0.25) is 0 Å². The number of allylic oxidation sites excluding steroid dienone is 2. The van der Waals surface area contributed by atoms with Crippen molar-refractivity contribution in [2.75, 3.05) is 0 Å². The molecule has 5 heteroatoms. The summed E-state index contributed by atoms with van der Waals surface area (Å²) < 4.78 is 32.0. The minimum Gasteiger partial charge on any atom is -0.212 e. The van der Waals surface area contributed by atoms with Crippen LogP contribution < -0.4 is 0 Å². The van der Waals surface area contributed by atoms with E-state index in [0.29, 0.717) is 0 Å². The zero-order valence-electron chi connectivity index (χ0n) is 6.06. The van der Waals surface area contributed by atoms with Gasteiger partial charge in [-0.05, 0) is 13.8 Å². The van der Waals surface area contributed by atoms with Crippen LogP contribution >= 0.6 is 11.7 Å². The highest BCUT2D eigenvalue weighted by atomic mass is 32.1. The zero-order valence-corrected chi connectivity index (χ0v) is 6.88. The van der Waals surface area contributed by atoms with E-state index in [1.54, 1.807) is 0 Å². The maximum atomic E-state index is 12.6. The molecule has 1 aromatic heterocycles. The summed E-state index contributed by atoms with van der Waals surface area (Å²) in [6.07, 6.45) is 0. The summed E-state index contributed by atoms with van der Waals surface area (Å²) in [5, 5.41) is 0. The van der Waals surface area contributed by atoms with Crippen molar-refractivity contribution >= 4 is 17.3 Å². The van der Waals surface area contributed by atoms with E-state index in [1.807, 2.05) is 0 Å². The van der Waals surface area contributed by atoms with Gasteiger partial charge >= 0.3 is 0 Å². The molecule has 0 bridgehead atoms. The van der Waals surface area contributed by atoms with Crippen molar-refractivity contribution in [1.82, 2.24) is 8.75 Å². The second-order valence-electron chi connectivity index (χ2n) is 2.06. The zero-order chi connectivity index (χ0) is 8.43. The van der Waals surface area contributed by atoms with E-state index in [4.69, 9.17) is 0 Å². The average Bonchev–Trinajstić information content (AvgIpc) is 2.33. The first-order valence-electron chi connectivity index (χ1n) is 2.94. The Hall–Kier alpha value is -0.840. The van der Waals surface area contributed by atoms with Crippen molar-refractivity contribution < 1.29 is 8.78 Å². The van der Waals surface area contributed by atoms with E-state index in [0.717, 1.165) is 11.7 Å². The lowest BCUT2D eigenvalue weighted by atomic mass is 10.2. The van der Waals surface area contributed by atoms with Gasteiger partial charge in [0.05, 0.1) is 11.7 Å². The topological polar surface area (TPSA) is 25.8 Å². The largest absolute Gasteiger partial charge is 0.252 e. The summed E-state index contributed by atoms with van der Waals surface area (Å²) in [6.45, 7) is 2.73.